The zero-order valence-electron chi connectivity index (χ0n) is 30.9. The molecule has 1 fully saturated rings. The van der Waals surface area contributed by atoms with Crippen molar-refractivity contribution in [1.82, 2.24) is 0 Å². The molecule has 8 N–H and O–H groups in total. The molecule has 5 aromatic rings. The van der Waals surface area contributed by atoms with Crippen molar-refractivity contribution in [2.45, 2.75) is 96.3 Å². The monoisotopic (exact) mass is 718 g/mol. The van der Waals surface area contributed by atoms with E-state index in [4.69, 9.17) is 0 Å². The second-order valence-corrected chi connectivity index (χ2v) is 15.0. The average molecular weight is 719 g/mol. The van der Waals surface area contributed by atoms with Crippen molar-refractivity contribution in [3.05, 3.63) is 128 Å². The molecule has 0 saturated heterocycles. The third-order valence-electron chi connectivity index (χ3n) is 11.6. The van der Waals surface area contributed by atoms with E-state index in [2.05, 4.69) is 31.2 Å². The summed E-state index contributed by atoms with van der Waals surface area (Å²) in [4.78, 5) is 0. The van der Waals surface area contributed by atoms with E-state index in [9.17, 15) is 40.9 Å². The van der Waals surface area contributed by atoms with E-state index >= 15 is 0 Å². The first kappa shape index (κ1) is 37.3. The van der Waals surface area contributed by atoms with Crippen LogP contribution < -0.4 is 0 Å². The number of phenols is 8. The first-order chi connectivity index (χ1) is 25.2. The van der Waals surface area contributed by atoms with Gasteiger partial charge in [0.1, 0.15) is 46.0 Å². The molecule has 8 bridgehead atoms. The Labute approximate surface area is 310 Å². The van der Waals surface area contributed by atoms with Crippen molar-refractivity contribution in [3.63, 3.8) is 0 Å². The van der Waals surface area contributed by atoms with Gasteiger partial charge in [0, 0.05) is 92.4 Å². The summed E-state index contributed by atoms with van der Waals surface area (Å²) < 4.78 is 0. The Balaban J connectivity index is 0.000000309. The Kier molecular flexibility index (Phi) is 10.4. The van der Waals surface area contributed by atoms with Crippen LogP contribution in [0.2, 0.25) is 0 Å². The topological polar surface area (TPSA) is 162 Å². The lowest BCUT2D eigenvalue weighted by Crippen LogP contribution is -2.07. The summed E-state index contributed by atoms with van der Waals surface area (Å²) >= 11 is 0. The molecule has 8 nitrogen and oxygen atoms in total. The summed E-state index contributed by atoms with van der Waals surface area (Å²) in [5.74, 6) is -3.14. The van der Waals surface area contributed by atoms with Gasteiger partial charge in [-0.05, 0) is 55.5 Å². The minimum Gasteiger partial charge on any atom is -0.508 e. The van der Waals surface area contributed by atoms with Crippen LogP contribution in [0.5, 0.6) is 46.0 Å². The molecule has 0 spiro atoms. The van der Waals surface area contributed by atoms with Gasteiger partial charge in [-0.2, -0.15) is 0 Å². The highest BCUT2D eigenvalue weighted by molar-refractivity contribution is 5.61. The standard InChI is InChI=1S/C32H32O8.C13H18/c1-13-17-5-19(27(35)9-25(17)33)14(2)21-7-23(31(39)11-29(21)37)16(4)24-8-22(30(38)12-32(24)40)15(3)20-6-18(13)26(34)10-28(20)36;1-11-7-9-13(10-8-11)12-5-3-2-4-6-12/h5-16,33-40H,1-4H3;7-10,12H,2-6H2,1H3. The minimum atomic E-state index is -0.598. The number of fused-ring (bicyclic) bond motifs is 8. The normalized spacial score (nSPS) is 19.9. The van der Waals surface area contributed by atoms with E-state index in [0.717, 1.165) is 5.92 Å². The van der Waals surface area contributed by atoms with E-state index in [-0.39, 0.29) is 46.0 Å². The van der Waals surface area contributed by atoms with E-state index < -0.39 is 23.7 Å². The maximum atomic E-state index is 10.8. The summed E-state index contributed by atoms with van der Waals surface area (Å²) in [6.07, 6.45) is 7.12. The molecular formula is C45H50O8. The number of rotatable bonds is 1. The Hall–Kier alpha value is -5.50. The molecule has 8 heteroatoms. The van der Waals surface area contributed by atoms with Crippen LogP contribution >= 0.6 is 0 Å². The average Bonchev–Trinajstić information content (AvgIpc) is 3.11. The van der Waals surface area contributed by atoms with Crippen LogP contribution in [-0.2, 0) is 0 Å². The zero-order chi connectivity index (χ0) is 38.3. The summed E-state index contributed by atoms with van der Waals surface area (Å²) in [7, 11) is 0. The minimum absolute atomic E-state index is 0.200. The Morgan fingerprint density at radius 3 is 0.849 bits per heavy atom. The highest BCUT2D eigenvalue weighted by atomic mass is 16.3. The van der Waals surface area contributed by atoms with Gasteiger partial charge < -0.3 is 40.9 Å². The number of hydrogen-bond acceptors (Lipinski definition) is 8. The number of aromatic hydroxyl groups is 8. The highest BCUT2D eigenvalue weighted by Gasteiger charge is 2.29. The summed E-state index contributed by atoms with van der Waals surface area (Å²) in [6, 6.07) is 20.4. The second-order valence-electron chi connectivity index (χ2n) is 15.0. The second kappa shape index (κ2) is 14.9. The van der Waals surface area contributed by atoms with Crippen molar-refractivity contribution >= 4 is 0 Å². The molecule has 0 radical (unpaired) electrons. The fraction of sp³-hybridized carbons (Fsp3) is 0.333. The third kappa shape index (κ3) is 7.28. The molecule has 0 amide bonds. The molecule has 0 heterocycles. The van der Waals surface area contributed by atoms with Gasteiger partial charge in [-0.15, -0.1) is 0 Å². The van der Waals surface area contributed by atoms with Gasteiger partial charge in [-0.3, -0.25) is 0 Å². The quantitative estimate of drug-likeness (QED) is 0.0849. The van der Waals surface area contributed by atoms with Crippen LogP contribution in [0.4, 0.5) is 0 Å². The van der Waals surface area contributed by atoms with Gasteiger partial charge in [0.15, 0.2) is 0 Å². The van der Waals surface area contributed by atoms with E-state index in [0.29, 0.717) is 44.5 Å². The molecule has 0 unspecified atom stereocenters. The van der Waals surface area contributed by atoms with Crippen LogP contribution in [0.3, 0.4) is 0 Å². The molecule has 278 valence electrons. The highest BCUT2D eigenvalue weighted by Crippen LogP contribution is 2.49. The molecule has 5 aromatic carbocycles. The molecule has 2 aliphatic carbocycles. The molecule has 53 heavy (non-hydrogen) atoms. The number of hydrogen-bond donors (Lipinski definition) is 8. The molecule has 0 aliphatic heterocycles. The summed E-state index contributed by atoms with van der Waals surface area (Å²) in [6.45, 7) is 9.21. The van der Waals surface area contributed by atoms with Crippen LogP contribution in [-0.4, -0.2) is 40.9 Å². The number of aryl methyl sites for hydroxylation is 1. The molecule has 0 atom stereocenters. The van der Waals surface area contributed by atoms with Crippen LogP contribution in [0.25, 0.3) is 0 Å². The number of phenolic OH excluding ortho intramolecular Hbond substituents is 8. The van der Waals surface area contributed by atoms with Gasteiger partial charge in [0.25, 0.3) is 0 Å². The maximum absolute atomic E-state index is 10.8. The molecular weight excluding hydrogens is 668 g/mol. The van der Waals surface area contributed by atoms with Crippen molar-refractivity contribution in [2.75, 3.05) is 0 Å². The lowest BCUT2D eigenvalue weighted by atomic mass is 9.81. The number of benzene rings is 5. The Bertz CT molecular complexity index is 1780. The van der Waals surface area contributed by atoms with E-state index in [1.807, 2.05) is 0 Å². The van der Waals surface area contributed by atoms with Crippen molar-refractivity contribution in [2.24, 2.45) is 0 Å². The van der Waals surface area contributed by atoms with Gasteiger partial charge >= 0.3 is 0 Å². The first-order valence-corrected chi connectivity index (χ1v) is 18.5. The lowest BCUT2D eigenvalue weighted by Gasteiger charge is -2.25. The van der Waals surface area contributed by atoms with E-state index in [1.165, 1.54) is 61.9 Å². The van der Waals surface area contributed by atoms with Crippen LogP contribution in [0.15, 0.2) is 72.8 Å². The zero-order valence-corrected chi connectivity index (χ0v) is 30.9. The van der Waals surface area contributed by atoms with Gasteiger partial charge in [0.05, 0.1) is 0 Å². The van der Waals surface area contributed by atoms with Gasteiger partial charge in [-0.1, -0.05) is 76.8 Å². The Morgan fingerprint density at radius 2 is 0.604 bits per heavy atom. The maximum Gasteiger partial charge on any atom is 0.123 e. The predicted octanol–water partition coefficient (Wildman–Crippen LogP) is 10.3. The summed E-state index contributed by atoms with van der Waals surface area (Å²) in [5, 5.41) is 86.5. The fourth-order valence-corrected chi connectivity index (χ4v) is 8.17. The molecule has 2 aliphatic rings. The smallest absolute Gasteiger partial charge is 0.123 e. The predicted molar refractivity (Wildman–Crippen MR) is 206 cm³/mol. The SMILES string of the molecule is CC1c2cc(c(O)cc2O)C(C)c2cc(c(O)cc2O)C(C)c2cc(c(O)cc2O)C(C)c2cc1c(O)cc2O.Cc1ccc(C2CCCCC2)cc1. The lowest BCUT2D eigenvalue weighted by molar-refractivity contribution is 0.429. The third-order valence-corrected chi connectivity index (χ3v) is 11.6. The van der Waals surface area contributed by atoms with Crippen molar-refractivity contribution in [3.8, 4) is 46.0 Å². The summed E-state index contributed by atoms with van der Waals surface area (Å²) in [5.41, 5.74) is 6.11. The largest absolute Gasteiger partial charge is 0.508 e. The first-order valence-electron chi connectivity index (χ1n) is 18.5. The fourth-order valence-electron chi connectivity index (χ4n) is 8.17. The van der Waals surface area contributed by atoms with Gasteiger partial charge in [-0.25, -0.2) is 0 Å². The molecule has 7 rings (SSSR count). The van der Waals surface area contributed by atoms with Gasteiger partial charge in [0.2, 0.25) is 0 Å². The van der Waals surface area contributed by atoms with Crippen molar-refractivity contribution < 1.29 is 40.9 Å². The van der Waals surface area contributed by atoms with E-state index in [1.54, 1.807) is 57.5 Å². The molecule has 0 aromatic heterocycles. The van der Waals surface area contributed by atoms with Crippen LogP contribution in [0, 0.1) is 6.92 Å². The Morgan fingerprint density at radius 1 is 0.358 bits per heavy atom. The van der Waals surface area contributed by atoms with Crippen LogP contribution in [0.1, 0.15) is 145 Å². The molecule has 1 saturated carbocycles. The van der Waals surface area contributed by atoms with Crippen molar-refractivity contribution in [1.29, 1.82) is 0 Å².